The third-order valence-corrected chi connectivity index (χ3v) is 20.1. The third-order valence-electron chi connectivity index (χ3n) is 20.1. The average molecular weight is 1340 g/mol. The van der Waals surface area contributed by atoms with Crippen molar-refractivity contribution >= 4 is 91.8 Å². The minimum absolute atomic E-state index is 0.0889. The van der Waals surface area contributed by atoms with Gasteiger partial charge < -0.3 is 32.2 Å². The van der Waals surface area contributed by atoms with Crippen molar-refractivity contribution in [2.45, 2.75) is 89.0 Å². The average Bonchev–Trinajstić information content (AvgIpc) is 1.63. The quantitative estimate of drug-likeness (QED) is 0.0411. The van der Waals surface area contributed by atoms with E-state index in [9.17, 15) is 14.4 Å². The van der Waals surface area contributed by atoms with Crippen LogP contribution in [0, 0.1) is 6.57 Å². The zero-order chi connectivity index (χ0) is 69.2. The molecule has 500 valence electrons. The molecular formula is C79H66N20O3. The van der Waals surface area contributed by atoms with Crippen molar-refractivity contribution < 1.29 is 14.4 Å². The Morgan fingerprint density at radius 1 is 0.461 bits per heavy atom. The van der Waals surface area contributed by atoms with Crippen LogP contribution in [0.3, 0.4) is 0 Å². The molecule has 8 aromatic heterocycles. The molecule has 3 fully saturated rings. The van der Waals surface area contributed by atoms with Crippen molar-refractivity contribution in [1.29, 1.82) is 0 Å². The highest BCUT2D eigenvalue weighted by Gasteiger charge is 2.32. The van der Waals surface area contributed by atoms with Gasteiger partial charge in [-0.3, -0.25) is 23.7 Å². The first-order chi connectivity index (χ1) is 49.7. The Morgan fingerprint density at radius 2 is 0.843 bits per heavy atom. The van der Waals surface area contributed by atoms with Gasteiger partial charge in [-0.1, -0.05) is 54.6 Å². The standard InChI is InChI=1S/C28H25N7O.C27H23N7O.C24H18N6O/c1-2-34-15-21(13-30-34)18-6-5-17-10-20(11-19(17)9-18)26(36)23-14-31-35(27(23)29)22-7-8-24-25(12-22)33-28(32-24)16-3-4-16;1-33-14-20(12-29-33)17-5-4-16-9-19(10-18(16)8-17)25(35)22-13-30-34(26(22)28)21-6-7-23-24(11-21)32-27(31-23)15-2-3-15;1-26-17-5-4-14-8-16(9-15(14)10-17)22(31)19-12-27-30(23(19)25)18-6-7-20-21(11-18)29-24(28-20)13-2-3-13/h5-10,12-16H,2-4,11,29H2,1H3,(H,32,33);4-9,11-15H,2-3,10,28H2,1H3,(H,31,32);4-8,10-13H,2-3,9,25H2,(H,28,29). The van der Waals surface area contributed by atoms with Crippen LogP contribution in [0.15, 0.2) is 169 Å². The topological polar surface area (TPSA) is 309 Å². The van der Waals surface area contributed by atoms with Crippen LogP contribution < -0.4 is 17.2 Å². The van der Waals surface area contributed by atoms with E-state index >= 15 is 0 Å². The maximum Gasteiger partial charge on any atom is 0.194 e. The lowest BCUT2D eigenvalue weighted by Crippen LogP contribution is -2.08. The maximum atomic E-state index is 13.4. The fraction of sp³-hybridized carbons (Fsp3) is 0.190. The molecule has 0 amide bonds. The normalized spacial score (nSPS) is 14.9. The summed E-state index contributed by atoms with van der Waals surface area (Å²) in [6.45, 7) is 10.1. The van der Waals surface area contributed by atoms with Crippen molar-refractivity contribution in [3.63, 3.8) is 0 Å². The fourth-order valence-electron chi connectivity index (χ4n) is 14.0. The number of nitrogens with one attached hydrogen (secondary N) is 3. The van der Waals surface area contributed by atoms with Gasteiger partial charge in [-0.25, -0.2) is 33.8 Å². The van der Waals surface area contributed by atoms with Gasteiger partial charge >= 0.3 is 0 Å². The minimum Gasteiger partial charge on any atom is -0.383 e. The number of anilines is 3. The molecule has 23 heteroatoms. The van der Waals surface area contributed by atoms with Crippen LogP contribution in [-0.4, -0.2) is 96.2 Å². The molecule has 0 spiro atoms. The Hall–Kier alpha value is -13.1. The number of Topliss-reactive ketones (excluding diaryl/α,β-unsaturated/α-hetero) is 3. The number of nitrogen functional groups attached to an aromatic ring is 3. The van der Waals surface area contributed by atoms with Crippen molar-refractivity contribution in [2.75, 3.05) is 17.2 Å². The number of fused-ring (bicyclic) bond motifs is 6. The Kier molecular flexibility index (Phi) is 14.5. The zero-order valence-corrected chi connectivity index (χ0v) is 55.7. The molecule has 102 heavy (non-hydrogen) atoms. The summed E-state index contributed by atoms with van der Waals surface area (Å²) in [7, 11) is 1.90. The van der Waals surface area contributed by atoms with E-state index in [0.717, 1.165) is 135 Å². The SMILES string of the molecule is CCn1cc(-c2ccc3c(c2)CC(C(=O)c2cnn(-c4ccc5nc(C6CC6)[nH]c5c4)c2N)=C3)cn1.Cn1cc(-c2ccc3c(c2)CC(C(=O)c2cnn(-c4ccc5nc(C6CC6)[nH]c5c4)c2N)=C3)cn1.[C-]#[N+]c1ccc2c(c1)CC(C(=O)c1cnn(-c3ccc4nc(C5CC5)[nH]c4c3)c1N)=C2. The van der Waals surface area contributed by atoms with Crippen molar-refractivity contribution in [3.8, 4) is 39.3 Å². The minimum atomic E-state index is -0.136. The fourth-order valence-corrected chi connectivity index (χ4v) is 14.0. The smallest absolute Gasteiger partial charge is 0.194 e. The largest absolute Gasteiger partial charge is 0.383 e. The molecule has 0 bridgehead atoms. The number of hydrogen-bond acceptors (Lipinski definition) is 14. The lowest BCUT2D eigenvalue weighted by atomic mass is 10.0. The molecule has 0 atom stereocenters. The number of aryl methyl sites for hydroxylation is 2. The molecule has 6 aliphatic carbocycles. The number of ketones is 3. The van der Waals surface area contributed by atoms with Gasteiger partial charge in [-0.05, 0) is 163 Å². The predicted octanol–water partition coefficient (Wildman–Crippen LogP) is 13.9. The number of hydrogen-bond donors (Lipinski definition) is 6. The van der Waals surface area contributed by atoms with Crippen molar-refractivity contribution in [2.24, 2.45) is 7.05 Å². The first-order valence-corrected chi connectivity index (χ1v) is 34.3. The lowest BCUT2D eigenvalue weighted by Gasteiger charge is -2.06. The second-order valence-corrected chi connectivity index (χ2v) is 27.2. The number of carbonyl (C=O) groups excluding carboxylic acids is 3. The van der Waals surface area contributed by atoms with E-state index in [4.69, 9.17) is 23.8 Å². The summed E-state index contributed by atoms with van der Waals surface area (Å²) in [5, 5.41) is 21.9. The summed E-state index contributed by atoms with van der Waals surface area (Å²) in [6, 6.07) is 35.6. The number of H-pyrrole nitrogens is 3. The van der Waals surface area contributed by atoms with E-state index in [1.54, 1.807) is 37.2 Å². The lowest BCUT2D eigenvalue weighted by molar-refractivity contribution is 0.102. The molecule has 6 aliphatic rings. The molecule has 0 radical (unpaired) electrons. The molecule has 0 unspecified atom stereocenters. The molecule has 23 nitrogen and oxygen atoms in total. The van der Waals surface area contributed by atoms with Gasteiger partial charge in [0.05, 0.1) is 104 Å². The van der Waals surface area contributed by atoms with Crippen molar-refractivity contribution in [3.05, 3.63) is 248 Å². The Labute approximate surface area is 583 Å². The van der Waals surface area contributed by atoms with Gasteiger partial charge in [0.15, 0.2) is 23.0 Å². The van der Waals surface area contributed by atoms with Gasteiger partial charge in [-0.15, -0.1) is 0 Å². The summed E-state index contributed by atoms with van der Waals surface area (Å²) >= 11 is 0. The second-order valence-electron chi connectivity index (χ2n) is 27.2. The van der Waals surface area contributed by atoms with E-state index in [2.05, 4.69) is 104 Å². The van der Waals surface area contributed by atoms with E-state index in [0.29, 0.717) is 88.0 Å². The molecular weight excluding hydrogens is 1280 g/mol. The molecule has 8 heterocycles. The highest BCUT2D eigenvalue weighted by Crippen LogP contribution is 2.43. The number of rotatable bonds is 15. The summed E-state index contributed by atoms with van der Waals surface area (Å²) in [5.74, 6) is 5.43. The molecule has 6 aromatic carbocycles. The van der Waals surface area contributed by atoms with Crippen LogP contribution in [0.25, 0.3) is 95.5 Å². The second kappa shape index (κ2) is 24.1. The summed E-state index contributed by atoms with van der Waals surface area (Å²) in [6.07, 6.45) is 27.0. The number of nitrogens with two attached hydrogens (primary N) is 3. The zero-order valence-electron chi connectivity index (χ0n) is 55.7. The number of allylic oxidation sites excluding steroid dienone is 3. The number of benzene rings is 6. The van der Waals surface area contributed by atoms with Gasteiger partial charge in [0.2, 0.25) is 0 Å². The van der Waals surface area contributed by atoms with E-state index in [-0.39, 0.29) is 17.3 Å². The van der Waals surface area contributed by atoms with Gasteiger partial charge in [0.1, 0.15) is 34.9 Å². The molecule has 20 rings (SSSR count). The van der Waals surface area contributed by atoms with Crippen LogP contribution >= 0.6 is 0 Å². The molecule has 0 aliphatic heterocycles. The molecule has 9 N–H and O–H groups in total. The summed E-state index contributed by atoms with van der Waals surface area (Å²) in [5.41, 5.74) is 41.7. The van der Waals surface area contributed by atoms with E-state index < -0.39 is 0 Å². The number of aromatic amines is 3. The first-order valence-electron chi connectivity index (χ1n) is 34.3. The number of imidazole rings is 3. The van der Waals surface area contributed by atoms with Crippen LogP contribution in [0.4, 0.5) is 23.1 Å². The number of aromatic nitrogens is 16. The number of carbonyl (C=O) groups is 3. The van der Waals surface area contributed by atoms with Crippen LogP contribution in [0.2, 0.25) is 0 Å². The maximum absolute atomic E-state index is 13.4. The van der Waals surface area contributed by atoms with Gasteiger partial charge in [0.25, 0.3) is 0 Å². The van der Waals surface area contributed by atoms with Gasteiger partial charge in [0, 0.05) is 90.8 Å². The summed E-state index contributed by atoms with van der Waals surface area (Å²) < 4.78 is 8.52. The van der Waals surface area contributed by atoms with Crippen LogP contribution in [0.5, 0.6) is 0 Å². The number of nitrogens with zero attached hydrogens (tertiary/aromatic N) is 14. The molecule has 14 aromatic rings. The molecule has 0 saturated heterocycles. The van der Waals surface area contributed by atoms with Crippen LogP contribution in [0.1, 0.15) is 145 Å². The van der Waals surface area contributed by atoms with E-state index in [1.165, 1.54) is 44.7 Å². The van der Waals surface area contributed by atoms with Crippen molar-refractivity contribution in [1.82, 2.24) is 78.8 Å². The Balaban J connectivity index is 0.000000110. The Morgan fingerprint density at radius 3 is 1.21 bits per heavy atom. The van der Waals surface area contributed by atoms with Gasteiger partial charge in [-0.2, -0.15) is 25.5 Å². The van der Waals surface area contributed by atoms with Crippen LogP contribution in [-0.2, 0) is 32.9 Å². The first kappa shape index (κ1) is 61.2. The predicted molar refractivity (Wildman–Crippen MR) is 392 cm³/mol. The third kappa shape index (κ3) is 11.2. The molecule has 3 saturated carbocycles. The highest BCUT2D eigenvalue weighted by atomic mass is 16.1. The highest BCUT2D eigenvalue weighted by molar-refractivity contribution is 6.17. The monoisotopic (exact) mass is 1340 g/mol. The summed E-state index contributed by atoms with van der Waals surface area (Å²) in [4.78, 5) is 67.7. The Bertz CT molecular complexity index is 5980. The van der Waals surface area contributed by atoms with E-state index in [1.807, 2.05) is 121 Å².